The van der Waals surface area contributed by atoms with E-state index in [1.165, 1.54) is 4.90 Å². The minimum Gasteiger partial charge on any atom is -0.273 e. The van der Waals surface area contributed by atoms with E-state index in [0.717, 1.165) is 5.57 Å². The Hall–Kier alpha value is -2.42. The van der Waals surface area contributed by atoms with Crippen molar-refractivity contribution in [1.29, 1.82) is 0 Å². The molecule has 1 aromatic rings. The summed E-state index contributed by atoms with van der Waals surface area (Å²) < 4.78 is 0. The highest BCUT2D eigenvalue weighted by atomic mass is 16.2. The van der Waals surface area contributed by atoms with Crippen LogP contribution in [0.3, 0.4) is 0 Å². The van der Waals surface area contributed by atoms with Gasteiger partial charge in [0, 0.05) is 5.57 Å². The maximum absolute atomic E-state index is 12.5. The van der Waals surface area contributed by atoms with Gasteiger partial charge in [-0.1, -0.05) is 43.0 Å². The van der Waals surface area contributed by atoms with Gasteiger partial charge in [-0.25, -0.2) is 4.90 Å². The molecule has 19 heavy (non-hydrogen) atoms. The molecule has 0 spiro atoms. The Morgan fingerprint density at radius 1 is 1.16 bits per heavy atom. The topological polar surface area (TPSA) is 37.4 Å². The molecule has 1 unspecified atom stereocenters. The second-order valence-electron chi connectivity index (χ2n) is 4.65. The van der Waals surface area contributed by atoms with Crippen LogP contribution in [-0.2, 0) is 9.59 Å². The van der Waals surface area contributed by atoms with E-state index in [1.807, 2.05) is 36.4 Å². The van der Waals surface area contributed by atoms with Gasteiger partial charge < -0.3 is 0 Å². The summed E-state index contributed by atoms with van der Waals surface area (Å²) in [6, 6.07) is 8.98. The molecule has 1 atom stereocenters. The quantitative estimate of drug-likeness (QED) is 0.598. The number of anilines is 1. The Kier molecular flexibility index (Phi) is 2.67. The van der Waals surface area contributed by atoms with Gasteiger partial charge in [0.2, 0.25) is 5.91 Å². The van der Waals surface area contributed by atoms with Crippen molar-refractivity contribution in [1.82, 2.24) is 0 Å². The van der Waals surface area contributed by atoms with Crippen LogP contribution in [-0.4, -0.2) is 11.8 Å². The molecule has 94 valence electrons. The molecule has 1 fully saturated rings. The second-order valence-corrected chi connectivity index (χ2v) is 4.65. The van der Waals surface area contributed by atoms with Gasteiger partial charge in [-0.3, -0.25) is 9.59 Å². The van der Waals surface area contributed by atoms with Crippen molar-refractivity contribution in [3.05, 3.63) is 66.3 Å². The first kappa shape index (κ1) is 11.7. The number of nitrogens with zero attached hydrogens (tertiary/aromatic N) is 1. The van der Waals surface area contributed by atoms with Gasteiger partial charge >= 0.3 is 0 Å². The number of amides is 2. The van der Waals surface area contributed by atoms with Gasteiger partial charge in [-0.05, 0) is 24.1 Å². The zero-order valence-electron chi connectivity index (χ0n) is 10.4. The number of carbonyl (C=O) groups is 2. The number of hydrogen-bond donors (Lipinski definition) is 0. The molecule has 0 radical (unpaired) electrons. The van der Waals surface area contributed by atoms with Crippen LogP contribution in [0, 0.1) is 5.92 Å². The lowest BCUT2D eigenvalue weighted by Gasteiger charge is -2.14. The molecule has 0 saturated carbocycles. The van der Waals surface area contributed by atoms with Crippen molar-refractivity contribution >= 4 is 17.5 Å². The second kappa shape index (κ2) is 4.35. The third-order valence-electron chi connectivity index (χ3n) is 3.48. The molecular formula is C16H13NO2. The van der Waals surface area contributed by atoms with Crippen molar-refractivity contribution in [2.45, 2.75) is 6.42 Å². The van der Waals surface area contributed by atoms with E-state index in [2.05, 4.69) is 6.58 Å². The smallest absolute Gasteiger partial charge is 0.261 e. The summed E-state index contributed by atoms with van der Waals surface area (Å²) in [5.41, 5.74) is 1.92. The highest BCUT2D eigenvalue weighted by molar-refractivity contribution is 6.30. The van der Waals surface area contributed by atoms with Crippen LogP contribution in [0.1, 0.15) is 6.42 Å². The molecule has 1 aliphatic heterocycles. The molecule has 1 heterocycles. The molecule has 3 rings (SSSR count). The molecule has 1 saturated heterocycles. The van der Waals surface area contributed by atoms with Crippen LogP contribution in [0.4, 0.5) is 5.69 Å². The summed E-state index contributed by atoms with van der Waals surface area (Å²) in [4.78, 5) is 26.0. The monoisotopic (exact) mass is 251 g/mol. The van der Waals surface area contributed by atoms with Crippen LogP contribution >= 0.6 is 0 Å². The number of imide groups is 1. The fourth-order valence-electron chi connectivity index (χ4n) is 2.53. The maximum atomic E-state index is 12.5. The normalized spacial score (nSPS) is 22.3. The van der Waals surface area contributed by atoms with Crippen molar-refractivity contribution in [2.75, 3.05) is 4.90 Å². The average Bonchev–Trinajstić information content (AvgIpc) is 3.00. The number of benzene rings is 1. The Balaban J connectivity index is 1.99. The minimum absolute atomic E-state index is 0.198. The predicted octanol–water partition coefficient (Wildman–Crippen LogP) is 2.62. The van der Waals surface area contributed by atoms with Crippen molar-refractivity contribution in [2.24, 2.45) is 5.92 Å². The molecule has 3 nitrogen and oxygen atoms in total. The molecule has 2 aliphatic rings. The first-order valence-corrected chi connectivity index (χ1v) is 6.18. The Bertz CT molecular complexity index is 625. The summed E-state index contributed by atoms with van der Waals surface area (Å²) >= 11 is 0. The first-order chi connectivity index (χ1) is 9.20. The molecule has 3 heteroatoms. The Morgan fingerprint density at radius 3 is 2.53 bits per heavy atom. The number of para-hydroxylation sites is 1. The highest BCUT2D eigenvalue weighted by Gasteiger charge is 2.44. The van der Waals surface area contributed by atoms with Crippen LogP contribution in [0.2, 0.25) is 0 Å². The van der Waals surface area contributed by atoms with E-state index in [4.69, 9.17) is 0 Å². The minimum atomic E-state index is -0.497. The van der Waals surface area contributed by atoms with Crippen LogP contribution in [0.25, 0.3) is 0 Å². The highest BCUT2D eigenvalue weighted by Crippen LogP contribution is 2.36. The summed E-state index contributed by atoms with van der Waals surface area (Å²) in [6.07, 6.45) is 6.50. The third kappa shape index (κ3) is 1.74. The van der Waals surface area contributed by atoms with Crippen molar-refractivity contribution in [3.63, 3.8) is 0 Å². The zero-order chi connectivity index (χ0) is 13.4. The molecule has 0 aromatic heterocycles. The SMILES string of the molecule is C=C1C(=O)N(c2ccccc2)C(=O)C1C1=CC=CC1. The summed E-state index contributed by atoms with van der Waals surface area (Å²) in [7, 11) is 0. The van der Waals surface area contributed by atoms with Gasteiger partial charge in [-0.2, -0.15) is 0 Å². The lowest BCUT2D eigenvalue weighted by atomic mass is 9.93. The Morgan fingerprint density at radius 2 is 1.89 bits per heavy atom. The molecule has 0 bridgehead atoms. The van der Waals surface area contributed by atoms with Gasteiger partial charge in [0.1, 0.15) is 0 Å². The van der Waals surface area contributed by atoms with Gasteiger partial charge in [0.25, 0.3) is 5.91 Å². The first-order valence-electron chi connectivity index (χ1n) is 6.18. The number of hydrogen-bond acceptors (Lipinski definition) is 2. The van der Waals surface area contributed by atoms with Crippen LogP contribution in [0.5, 0.6) is 0 Å². The fourth-order valence-corrected chi connectivity index (χ4v) is 2.53. The van der Waals surface area contributed by atoms with Gasteiger partial charge in [-0.15, -0.1) is 0 Å². The summed E-state index contributed by atoms with van der Waals surface area (Å²) in [5.74, 6) is -0.993. The average molecular weight is 251 g/mol. The zero-order valence-corrected chi connectivity index (χ0v) is 10.4. The molecule has 2 amide bonds. The lowest BCUT2D eigenvalue weighted by Crippen LogP contribution is -2.30. The van der Waals surface area contributed by atoms with Crippen LogP contribution < -0.4 is 4.90 Å². The van der Waals surface area contributed by atoms with Crippen molar-refractivity contribution < 1.29 is 9.59 Å². The standard InChI is InChI=1S/C16H13NO2/c1-11-14(12-7-5-6-8-12)16(19)17(15(11)18)13-9-3-2-4-10-13/h2-7,9-10,14H,1,8H2. The van der Waals surface area contributed by atoms with E-state index < -0.39 is 5.92 Å². The van der Waals surface area contributed by atoms with E-state index in [1.54, 1.807) is 12.1 Å². The maximum Gasteiger partial charge on any atom is 0.261 e. The van der Waals surface area contributed by atoms with Crippen LogP contribution in [0.15, 0.2) is 66.3 Å². The number of carbonyl (C=O) groups excluding carboxylic acids is 2. The fraction of sp³-hybridized carbons (Fsp3) is 0.125. The largest absolute Gasteiger partial charge is 0.273 e. The third-order valence-corrected chi connectivity index (χ3v) is 3.48. The van der Waals surface area contributed by atoms with Gasteiger partial charge in [0.15, 0.2) is 0 Å². The van der Waals surface area contributed by atoms with E-state index >= 15 is 0 Å². The number of rotatable bonds is 2. The van der Waals surface area contributed by atoms with E-state index in [9.17, 15) is 9.59 Å². The molecule has 0 N–H and O–H groups in total. The summed E-state index contributed by atoms with van der Waals surface area (Å²) in [5, 5.41) is 0. The molecule has 1 aromatic carbocycles. The van der Waals surface area contributed by atoms with Crippen molar-refractivity contribution in [3.8, 4) is 0 Å². The molecule has 1 aliphatic carbocycles. The predicted molar refractivity (Wildman–Crippen MR) is 73.4 cm³/mol. The molecular weight excluding hydrogens is 238 g/mol. The van der Waals surface area contributed by atoms with Gasteiger partial charge in [0.05, 0.1) is 11.6 Å². The summed E-state index contributed by atoms with van der Waals surface area (Å²) in [6.45, 7) is 3.81. The van der Waals surface area contributed by atoms with E-state index in [-0.39, 0.29) is 11.8 Å². The van der Waals surface area contributed by atoms with E-state index in [0.29, 0.717) is 17.7 Å². The lowest BCUT2D eigenvalue weighted by molar-refractivity contribution is -0.121. The Labute approximate surface area is 111 Å². The number of allylic oxidation sites excluding steroid dienone is 3.